The number of carbonyl (C=O) groups excluding carboxylic acids is 2. The fourth-order valence-electron chi connectivity index (χ4n) is 6.82. The molecule has 1 aromatic carbocycles. The second-order valence-electron chi connectivity index (χ2n) is 12.3. The smallest absolute Gasteiger partial charge is 0.361 e. The molecular weight excluding hydrogens is 625 g/mol. The third-order valence-electron chi connectivity index (χ3n) is 8.97. The first-order valence-corrected chi connectivity index (χ1v) is 15.1. The molecule has 1 aliphatic carbocycles. The minimum Gasteiger partial charge on any atom is -0.361 e. The van der Waals surface area contributed by atoms with Crippen LogP contribution in [0.25, 0.3) is 11.2 Å². The zero-order chi connectivity index (χ0) is 33.1. The first-order chi connectivity index (χ1) is 21.7. The summed E-state index contributed by atoms with van der Waals surface area (Å²) < 4.78 is 42.7. The van der Waals surface area contributed by atoms with Gasteiger partial charge in [-0.2, -0.15) is 18.3 Å². The van der Waals surface area contributed by atoms with Crippen molar-refractivity contribution in [3.05, 3.63) is 74.4 Å². The zero-order valence-corrected chi connectivity index (χ0v) is 26.4. The number of halogens is 4. The summed E-state index contributed by atoms with van der Waals surface area (Å²) in [5.41, 5.74) is 0.395. The van der Waals surface area contributed by atoms with Gasteiger partial charge in [0.1, 0.15) is 12.4 Å². The maximum atomic E-state index is 14.3. The van der Waals surface area contributed by atoms with E-state index in [0.29, 0.717) is 55.0 Å². The highest BCUT2D eigenvalue weighted by atomic mass is 35.5. The van der Waals surface area contributed by atoms with Crippen molar-refractivity contribution < 1.29 is 22.8 Å². The molecular formula is C31H32ClF3N8O3. The molecule has 0 bridgehead atoms. The maximum absolute atomic E-state index is 14.3. The van der Waals surface area contributed by atoms with Gasteiger partial charge in [0.05, 0.1) is 34.2 Å². The van der Waals surface area contributed by atoms with Gasteiger partial charge >= 0.3 is 6.18 Å². The molecule has 3 aromatic heterocycles. The molecule has 1 aliphatic heterocycles. The number of rotatable bonds is 5. The molecule has 4 heterocycles. The summed E-state index contributed by atoms with van der Waals surface area (Å²) in [5, 5.41) is 6.46. The zero-order valence-electron chi connectivity index (χ0n) is 25.7. The van der Waals surface area contributed by atoms with Crippen LogP contribution in [0.15, 0.2) is 41.6 Å². The van der Waals surface area contributed by atoms with Gasteiger partial charge in [-0.15, -0.1) is 0 Å². The Labute approximate surface area is 267 Å². The fourth-order valence-corrected chi connectivity index (χ4v) is 7.05. The summed E-state index contributed by atoms with van der Waals surface area (Å²) in [6, 6.07) is 2.72. The fraction of sp³-hybridized carbons (Fsp3) is 0.419. The lowest BCUT2D eigenvalue weighted by molar-refractivity contribution is -0.137. The van der Waals surface area contributed by atoms with Crippen LogP contribution in [0.3, 0.4) is 0 Å². The molecule has 0 unspecified atom stereocenters. The largest absolute Gasteiger partial charge is 0.416 e. The summed E-state index contributed by atoms with van der Waals surface area (Å²) in [4.78, 5) is 53.6. The molecule has 0 radical (unpaired) electrons. The summed E-state index contributed by atoms with van der Waals surface area (Å²) in [7, 11) is 5.31. The standard InChI is InChI=1S/C31H32ClF3N8O3/c1-17-12-30(7-9-42(10-8-30)29(46)18-13-37-41(4)15-18)24-26(17)43(28-25(27(24)45)39-22(14-36-28)40(2)3)16-23(44)38-21-6-5-19(11-20(21)32)31(33,34)35/h5-6,11,13-15,17H,7-10,12,16H2,1-4H3,(H,38,44)/t17-/m0/s1. The number of anilines is 2. The van der Waals surface area contributed by atoms with Crippen molar-refractivity contribution >= 4 is 46.1 Å². The lowest BCUT2D eigenvalue weighted by Gasteiger charge is -2.39. The van der Waals surface area contributed by atoms with Gasteiger partial charge in [0, 0.05) is 57.1 Å². The summed E-state index contributed by atoms with van der Waals surface area (Å²) >= 11 is 6.11. The van der Waals surface area contributed by atoms with E-state index in [2.05, 4.69) is 20.4 Å². The number of likely N-dealkylation sites (tertiary alicyclic amines) is 1. The number of aromatic nitrogens is 5. The van der Waals surface area contributed by atoms with E-state index in [4.69, 9.17) is 11.6 Å². The van der Waals surface area contributed by atoms with Crippen molar-refractivity contribution in [3.8, 4) is 0 Å². The number of piperidine rings is 1. The van der Waals surface area contributed by atoms with Crippen molar-refractivity contribution in [2.24, 2.45) is 7.05 Å². The van der Waals surface area contributed by atoms with Gasteiger partial charge in [0.2, 0.25) is 11.3 Å². The van der Waals surface area contributed by atoms with Crippen molar-refractivity contribution in [1.82, 2.24) is 29.2 Å². The number of benzene rings is 1. The minimum atomic E-state index is -4.58. The van der Waals surface area contributed by atoms with Gasteiger partial charge in [-0.25, -0.2) is 9.97 Å². The SMILES string of the molecule is C[C@H]1CC2(CCN(C(=O)c3cnn(C)c3)CC2)c2c1n(CC(=O)Nc1ccc(C(F)(F)F)cc1Cl)c1ncc(N(C)C)nc1c2=O. The van der Waals surface area contributed by atoms with Gasteiger partial charge in [0.15, 0.2) is 11.2 Å². The molecule has 4 aromatic rings. The Morgan fingerprint density at radius 3 is 2.50 bits per heavy atom. The van der Waals surface area contributed by atoms with E-state index in [1.807, 2.05) is 6.92 Å². The Morgan fingerprint density at radius 1 is 1.17 bits per heavy atom. The number of aryl methyl sites for hydroxylation is 1. The minimum absolute atomic E-state index is 0.0258. The van der Waals surface area contributed by atoms with Gasteiger partial charge in [-0.1, -0.05) is 18.5 Å². The molecule has 1 N–H and O–H groups in total. The van der Waals surface area contributed by atoms with Gasteiger partial charge in [-0.05, 0) is 43.4 Å². The van der Waals surface area contributed by atoms with Gasteiger partial charge in [0.25, 0.3) is 5.91 Å². The van der Waals surface area contributed by atoms with Crippen molar-refractivity contribution in [3.63, 3.8) is 0 Å². The molecule has 2 amide bonds. The molecule has 242 valence electrons. The highest BCUT2D eigenvalue weighted by Crippen LogP contribution is 2.51. The van der Waals surface area contributed by atoms with Crippen LogP contribution in [-0.4, -0.2) is 68.2 Å². The summed E-state index contributed by atoms with van der Waals surface area (Å²) in [5.74, 6) is -0.345. The van der Waals surface area contributed by atoms with Crippen molar-refractivity contribution in [2.75, 3.05) is 37.4 Å². The predicted octanol–water partition coefficient (Wildman–Crippen LogP) is 4.58. The molecule has 11 nitrogen and oxygen atoms in total. The summed E-state index contributed by atoms with van der Waals surface area (Å²) in [6.07, 6.45) is 1.88. The highest BCUT2D eigenvalue weighted by Gasteiger charge is 2.48. The molecule has 6 rings (SSSR count). The number of carbonyl (C=O) groups is 2. The summed E-state index contributed by atoms with van der Waals surface area (Å²) in [6.45, 7) is 2.59. The van der Waals surface area contributed by atoms with Crippen LogP contribution in [0, 0.1) is 0 Å². The van der Waals surface area contributed by atoms with Crippen LogP contribution >= 0.6 is 11.6 Å². The second-order valence-corrected chi connectivity index (χ2v) is 12.7. The van der Waals surface area contributed by atoms with E-state index >= 15 is 0 Å². The lowest BCUT2D eigenvalue weighted by Crippen LogP contribution is -2.46. The number of hydrogen-bond donors (Lipinski definition) is 1. The first-order valence-electron chi connectivity index (χ1n) is 14.7. The lowest BCUT2D eigenvalue weighted by atomic mass is 9.73. The third-order valence-corrected chi connectivity index (χ3v) is 9.28. The van der Waals surface area contributed by atoms with Crippen LogP contribution in [0.2, 0.25) is 5.02 Å². The molecule has 0 saturated carbocycles. The van der Waals surface area contributed by atoms with Crippen molar-refractivity contribution in [2.45, 2.75) is 50.2 Å². The maximum Gasteiger partial charge on any atom is 0.416 e. The molecule has 2 aliphatic rings. The van der Waals surface area contributed by atoms with Crippen LogP contribution in [-0.2, 0) is 30.0 Å². The van der Waals surface area contributed by atoms with Crippen molar-refractivity contribution in [1.29, 1.82) is 0 Å². The van der Waals surface area contributed by atoms with E-state index in [0.717, 1.165) is 18.2 Å². The first kappa shape index (κ1) is 31.5. The Bertz CT molecular complexity index is 1930. The monoisotopic (exact) mass is 656 g/mol. The van der Waals surface area contributed by atoms with E-state index in [1.165, 1.54) is 12.4 Å². The number of pyridine rings is 1. The van der Waals surface area contributed by atoms with Crippen LogP contribution in [0.1, 0.15) is 59.3 Å². The molecule has 1 atom stereocenters. The van der Waals surface area contributed by atoms with Gasteiger partial charge in [-0.3, -0.25) is 19.1 Å². The molecule has 1 fully saturated rings. The Kier molecular flexibility index (Phi) is 7.82. The Balaban J connectivity index is 1.38. The Morgan fingerprint density at radius 2 is 1.89 bits per heavy atom. The molecule has 1 spiro atoms. The highest BCUT2D eigenvalue weighted by molar-refractivity contribution is 6.33. The van der Waals surface area contributed by atoms with Gasteiger partial charge < -0.3 is 19.7 Å². The average molecular weight is 657 g/mol. The van der Waals surface area contributed by atoms with E-state index in [-0.39, 0.29) is 45.7 Å². The number of fused-ring (bicyclic) bond motifs is 3. The molecule has 15 heteroatoms. The van der Waals surface area contributed by atoms with E-state index < -0.39 is 23.1 Å². The van der Waals surface area contributed by atoms with Crippen LogP contribution < -0.4 is 15.6 Å². The predicted molar refractivity (Wildman–Crippen MR) is 166 cm³/mol. The number of alkyl halides is 3. The van der Waals surface area contributed by atoms with E-state index in [9.17, 15) is 27.6 Å². The normalized spacial score (nSPS) is 17.4. The second kappa shape index (κ2) is 11.4. The van der Waals surface area contributed by atoms with Crippen LogP contribution in [0.4, 0.5) is 24.7 Å². The van der Waals surface area contributed by atoms with E-state index in [1.54, 1.807) is 46.4 Å². The third kappa shape index (κ3) is 5.48. The van der Waals surface area contributed by atoms with Crippen LogP contribution in [0.5, 0.6) is 0 Å². The number of nitrogens with one attached hydrogen (secondary N) is 1. The molecule has 1 saturated heterocycles. The quantitative estimate of drug-likeness (QED) is 0.334. The topological polar surface area (TPSA) is 118 Å². The molecule has 46 heavy (non-hydrogen) atoms. The number of hydrogen-bond acceptors (Lipinski definition) is 7. The Hall–Kier alpha value is -4.46. The number of amides is 2. The average Bonchev–Trinajstić information content (AvgIpc) is 3.56. The number of nitrogens with zero attached hydrogens (tertiary/aromatic N) is 7.